The normalized spacial score (nSPS) is 34.6. The number of hydrogen-bond donors (Lipinski definition) is 1. The third-order valence-electron chi connectivity index (χ3n) is 3.57. The van der Waals surface area contributed by atoms with Gasteiger partial charge in [-0.1, -0.05) is 45.9 Å². The first-order valence-corrected chi connectivity index (χ1v) is 6.25. The van der Waals surface area contributed by atoms with Gasteiger partial charge in [0.2, 0.25) is 0 Å². The second-order valence-corrected chi connectivity index (χ2v) is 4.72. The lowest BCUT2D eigenvalue weighted by molar-refractivity contribution is -0.00772. The molecule has 92 valence electrons. The van der Waals surface area contributed by atoms with Gasteiger partial charge in [-0.15, -0.1) is 0 Å². The smallest absolute Gasteiger partial charge is 0.0851 e. The van der Waals surface area contributed by atoms with Crippen molar-refractivity contribution in [1.82, 2.24) is 0 Å². The maximum absolute atomic E-state index is 9.86. The molecule has 0 aliphatic heterocycles. The zero-order valence-corrected chi connectivity index (χ0v) is 10.6. The molecular formula is C14H24O2. The van der Waals surface area contributed by atoms with E-state index in [0.717, 1.165) is 25.0 Å². The largest absolute Gasteiger partial charge is 0.389 e. The molecule has 0 bridgehead atoms. The Bertz CT molecular complexity index is 257. The van der Waals surface area contributed by atoms with Gasteiger partial charge in [-0.05, 0) is 23.8 Å². The van der Waals surface area contributed by atoms with Crippen LogP contribution in [0.3, 0.4) is 0 Å². The summed E-state index contributed by atoms with van der Waals surface area (Å²) in [5, 5.41) is 9.86. The van der Waals surface area contributed by atoms with E-state index in [4.69, 9.17) is 4.74 Å². The van der Waals surface area contributed by atoms with E-state index in [-0.39, 0.29) is 18.1 Å². The fourth-order valence-corrected chi connectivity index (χ4v) is 2.12. The van der Waals surface area contributed by atoms with Crippen LogP contribution in [0.15, 0.2) is 24.3 Å². The van der Waals surface area contributed by atoms with Crippen molar-refractivity contribution in [3.63, 3.8) is 0 Å². The summed E-state index contributed by atoms with van der Waals surface area (Å²) in [4.78, 5) is 0. The molecule has 0 saturated heterocycles. The van der Waals surface area contributed by atoms with Gasteiger partial charge in [-0.25, -0.2) is 0 Å². The van der Waals surface area contributed by atoms with Crippen LogP contribution >= 0.6 is 0 Å². The van der Waals surface area contributed by atoms with Crippen LogP contribution in [0, 0.1) is 11.8 Å². The molecule has 0 saturated carbocycles. The van der Waals surface area contributed by atoms with Gasteiger partial charge in [-0.2, -0.15) is 0 Å². The monoisotopic (exact) mass is 224 g/mol. The van der Waals surface area contributed by atoms with Crippen molar-refractivity contribution in [2.24, 2.45) is 11.8 Å². The van der Waals surface area contributed by atoms with Gasteiger partial charge in [0, 0.05) is 6.61 Å². The van der Waals surface area contributed by atoms with Crippen LogP contribution in [0.2, 0.25) is 0 Å². The lowest BCUT2D eigenvalue weighted by Crippen LogP contribution is -2.38. The molecule has 0 heterocycles. The maximum Gasteiger partial charge on any atom is 0.0851 e. The summed E-state index contributed by atoms with van der Waals surface area (Å²) in [7, 11) is 0. The Morgan fingerprint density at radius 2 is 2.12 bits per heavy atom. The highest BCUT2D eigenvalue weighted by Gasteiger charge is 2.33. The third-order valence-corrected chi connectivity index (χ3v) is 3.57. The molecule has 1 N–H and O–H groups in total. The molecule has 0 spiro atoms. The van der Waals surface area contributed by atoms with Gasteiger partial charge >= 0.3 is 0 Å². The SMILES string of the molecule is C=CC1=CC(O)C(C)C(C)C1OCCCC. The number of ether oxygens (including phenoxy) is 1. The Hall–Kier alpha value is -0.600. The molecule has 4 unspecified atom stereocenters. The summed E-state index contributed by atoms with van der Waals surface area (Å²) in [6, 6.07) is 0. The second kappa shape index (κ2) is 6.21. The van der Waals surface area contributed by atoms with Crippen LogP contribution in [0.4, 0.5) is 0 Å². The predicted octanol–water partition coefficient (Wildman–Crippen LogP) is 2.93. The topological polar surface area (TPSA) is 29.5 Å². The molecule has 2 heteroatoms. The quantitative estimate of drug-likeness (QED) is 0.728. The number of aliphatic hydroxyl groups excluding tert-OH is 1. The van der Waals surface area contributed by atoms with Gasteiger partial charge in [0.05, 0.1) is 12.2 Å². The lowest BCUT2D eigenvalue weighted by Gasteiger charge is -2.36. The number of aliphatic hydroxyl groups is 1. The molecule has 1 rings (SSSR count). The standard InChI is InChI=1S/C14H24O2/c1-5-7-8-16-14-11(4)10(3)13(15)9-12(14)6-2/h6,9-11,13-15H,2,5,7-8H2,1,3-4H3. The van der Waals surface area contributed by atoms with Gasteiger partial charge in [0.1, 0.15) is 0 Å². The molecule has 1 aliphatic carbocycles. The summed E-state index contributed by atoms with van der Waals surface area (Å²) in [6.07, 6.45) is 5.66. The first-order valence-electron chi connectivity index (χ1n) is 6.25. The first kappa shape index (κ1) is 13.5. The molecule has 0 aromatic carbocycles. The molecule has 0 aromatic heterocycles. The molecule has 0 fully saturated rings. The Morgan fingerprint density at radius 1 is 1.44 bits per heavy atom. The third kappa shape index (κ3) is 2.96. The number of rotatable bonds is 5. The maximum atomic E-state index is 9.86. The second-order valence-electron chi connectivity index (χ2n) is 4.72. The highest BCUT2D eigenvalue weighted by atomic mass is 16.5. The van der Waals surface area contributed by atoms with E-state index in [0.29, 0.717) is 5.92 Å². The van der Waals surface area contributed by atoms with E-state index in [1.807, 2.05) is 12.2 Å². The van der Waals surface area contributed by atoms with Crippen molar-refractivity contribution in [3.05, 3.63) is 24.3 Å². The van der Waals surface area contributed by atoms with Crippen LogP contribution in [-0.2, 0) is 4.74 Å². The fourth-order valence-electron chi connectivity index (χ4n) is 2.12. The summed E-state index contributed by atoms with van der Waals surface area (Å²) >= 11 is 0. The predicted molar refractivity (Wildman–Crippen MR) is 67.3 cm³/mol. The van der Waals surface area contributed by atoms with Crippen molar-refractivity contribution >= 4 is 0 Å². The van der Waals surface area contributed by atoms with Gasteiger partial charge in [-0.3, -0.25) is 0 Å². The zero-order valence-electron chi connectivity index (χ0n) is 10.6. The average Bonchev–Trinajstić information content (AvgIpc) is 2.29. The lowest BCUT2D eigenvalue weighted by atomic mass is 9.78. The molecule has 0 aromatic rings. The molecule has 1 aliphatic rings. The van der Waals surface area contributed by atoms with E-state index in [1.54, 1.807) is 0 Å². The Labute approximate surface area is 99.0 Å². The van der Waals surface area contributed by atoms with Gasteiger partial charge < -0.3 is 9.84 Å². The minimum Gasteiger partial charge on any atom is -0.389 e. The zero-order chi connectivity index (χ0) is 12.1. The highest BCUT2D eigenvalue weighted by Crippen LogP contribution is 2.32. The minimum absolute atomic E-state index is 0.0995. The minimum atomic E-state index is -0.367. The van der Waals surface area contributed by atoms with E-state index in [2.05, 4.69) is 27.4 Å². The molecule has 4 atom stereocenters. The Balaban J connectivity index is 2.70. The van der Waals surface area contributed by atoms with Gasteiger partial charge in [0.15, 0.2) is 0 Å². The Morgan fingerprint density at radius 3 is 2.69 bits per heavy atom. The van der Waals surface area contributed by atoms with Crippen LogP contribution < -0.4 is 0 Å². The van der Waals surface area contributed by atoms with Crippen molar-refractivity contribution in [1.29, 1.82) is 0 Å². The van der Waals surface area contributed by atoms with Crippen molar-refractivity contribution in [3.8, 4) is 0 Å². The summed E-state index contributed by atoms with van der Waals surface area (Å²) in [6.45, 7) is 11.0. The first-order chi connectivity index (χ1) is 7.61. The van der Waals surface area contributed by atoms with Crippen LogP contribution in [0.1, 0.15) is 33.6 Å². The van der Waals surface area contributed by atoms with Gasteiger partial charge in [0.25, 0.3) is 0 Å². The van der Waals surface area contributed by atoms with Crippen molar-refractivity contribution < 1.29 is 9.84 Å². The molecule has 2 nitrogen and oxygen atoms in total. The molecule has 0 radical (unpaired) electrons. The van der Waals surface area contributed by atoms with Crippen LogP contribution in [-0.4, -0.2) is 23.9 Å². The summed E-state index contributed by atoms with van der Waals surface area (Å²) < 4.78 is 5.91. The van der Waals surface area contributed by atoms with Crippen LogP contribution in [0.25, 0.3) is 0 Å². The number of unbranched alkanes of at least 4 members (excludes halogenated alkanes) is 1. The Kier molecular flexibility index (Phi) is 5.23. The van der Waals surface area contributed by atoms with Crippen molar-refractivity contribution in [2.45, 2.75) is 45.8 Å². The van der Waals surface area contributed by atoms with Crippen molar-refractivity contribution in [2.75, 3.05) is 6.61 Å². The summed E-state index contributed by atoms with van der Waals surface area (Å²) in [5.41, 5.74) is 1.04. The molecular weight excluding hydrogens is 200 g/mol. The average molecular weight is 224 g/mol. The summed E-state index contributed by atoms with van der Waals surface area (Å²) in [5.74, 6) is 0.584. The van der Waals surface area contributed by atoms with E-state index in [1.165, 1.54) is 0 Å². The molecule has 16 heavy (non-hydrogen) atoms. The van der Waals surface area contributed by atoms with E-state index >= 15 is 0 Å². The van der Waals surface area contributed by atoms with Crippen LogP contribution in [0.5, 0.6) is 0 Å². The van der Waals surface area contributed by atoms with E-state index < -0.39 is 0 Å². The molecule has 0 amide bonds. The van der Waals surface area contributed by atoms with E-state index in [9.17, 15) is 5.11 Å². The fraction of sp³-hybridized carbons (Fsp3) is 0.714. The highest BCUT2D eigenvalue weighted by molar-refractivity contribution is 5.27. The number of hydrogen-bond acceptors (Lipinski definition) is 2.